The number of nitrogens with zero attached hydrogens (tertiary/aromatic N) is 2. The van der Waals surface area contributed by atoms with Crippen LogP contribution in [0.2, 0.25) is 0 Å². The second-order valence-electron chi connectivity index (χ2n) is 7.41. The Kier molecular flexibility index (Phi) is 8.23. The smallest absolute Gasteiger partial charge is 0.313 e. The molecule has 2 amide bonds. The van der Waals surface area contributed by atoms with Gasteiger partial charge in [-0.1, -0.05) is 30.3 Å². The Bertz CT molecular complexity index is 957. The van der Waals surface area contributed by atoms with E-state index in [9.17, 15) is 24.1 Å². The van der Waals surface area contributed by atoms with Crippen LogP contribution in [0.15, 0.2) is 48.5 Å². The Morgan fingerprint density at radius 2 is 1.94 bits per heavy atom. The number of nitrogens with one attached hydrogen (secondary N) is 2. The highest BCUT2D eigenvalue weighted by Crippen LogP contribution is 2.22. The van der Waals surface area contributed by atoms with Gasteiger partial charge in [-0.25, -0.2) is 0 Å². The highest BCUT2D eigenvalue weighted by atomic mass is 19.1. The number of hydrogen-bond donors (Lipinski definition) is 2. The maximum atomic E-state index is 13.4. The lowest BCUT2D eigenvalue weighted by Gasteiger charge is -2.33. The molecule has 1 aliphatic rings. The Morgan fingerprint density at radius 3 is 2.69 bits per heavy atom. The predicted octanol–water partition coefficient (Wildman–Crippen LogP) is 2.64. The number of rotatable bonds is 8. The molecular weight excluding hydrogens is 419 g/mol. The Morgan fingerprint density at radius 1 is 1.16 bits per heavy atom. The standard InChI is InChI=1S/C22H25FN4O5/c23-18-9-8-17(14-19(18)27(30)31)25-22(29)21(28)24-10-4-5-11-26-12-13-32-20(15-26)16-6-2-1-3-7-16/h1-3,6-9,14,20H,4-5,10-13,15H2,(H,24,28)(H,25,29). The van der Waals surface area contributed by atoms with E-state index in [0.29, 0.717) is 19.6 Å². The summed E-state index contributed by atoms with van der Waals surface area (Å²) in [5.41, 5.74) is 0.348. The van der Waals surface area contributed by atoms with Crippen molar-refractivity contribution >= 4 is 23.2 Å². The van der Waals surface area contributed by atoms with Crippen molar-refractivity contribution in [1.82, 2.24) is 10.2 Å². The van der Waals surface area contributed by atoms with Crippen molar-refractivity contribution in [3.05, 3.63) is 70.0 Å². The second kappa shape index (κ2) is 11.3. The molecule has 2 N–H and O–H groups in total. The quantitative estimate of drug-likeness (QED) is 0.280. The molecule has 0 aliphatic carbocycles. The van der Waals surface area contributed by atoms with Gasteiger partial charge in [0.15, 0.2) is 0 Å². The lowest BCUT2D eigenvalue weighted by atomic mass is 10.1. The number of benzene rings is 2. The Balaban J connectivity index is 1.35. The monoisotopic (exact) mass is 444 g/mol. The molecule has 0 saturated carbocycles. The third-order valence-corrected chi connectivity index (χ3v) is 5.12. The SMILES string of the molecule is O=C(NCCCCN1CCOC(c2ccccc2)C1)C(=O)Nc1ccc(F)c([N+](=O)[O-])c1. The zero-order valence-corrected chi connectivity index (χ0v) is 17.5. The fourth-order valence-electron chi connectivity index (χ4n) is 3.44. The fraction of sp³-hybridized carbons (Fsp3) is 0.364. The summed E-state index contributed by atoms with van der Waals surface area (Å²) in [6.45, 7) is 3.50. The summed E-state index contributed by atoms with van der Waals surface area (Å²) >= 11 is 0. The van der Waals surface area contributed by atoms with Gasteiger partial charge in [0, 0.05) is 31.4 Å². The molecule has 3 rings (SSSR count). The second-order valence-corrected chi connectivity index (χ2v) is 7.41. The van der Waals surface area contributed by atoms with Gasteiger partial charge in [0.25, 0.3) is 0 Å². The Hall–Kier alpha value is -3.37. The number of nitro groups is 1. The number of anilines is 1. The summed E-state index contributed by atoms with van der Waals surface area (Å²) in [6.07, 6.45) is 1.58. The molecule has 170 valence electrons. The van der Waals surface area contributed by atoms with E-state index < -0.39 is 28.2 Å². The lowest BCUT2D eigenvalue weighted by Crippen LogP contribution is -2.39. The van der Waals surface area contributed by atoms with Gasteiger partial charge in [0.1, 0.15) is 0 Å². The number of hydrogen-bond acceptors (Lipinski definition) is 6. The number of carbonyl (C=O) groups excluding carboxylic acids is 2. The first-order valence-electron chi connectivity index (χ1n) is 10.4. The molecule has 1 saturated heterocycles. The molecule has 1 atom stereocenters. The van der Waals surface area contributed by atoms with Crippen LogP contribution in [0.4, 0.5) is 15.8 Å². The number of halogens is 1. The van der Waals surface area contributed by atoms with Crippen LogP contribution in [0, 0.1) is 15.9 Å². The van der Waals surface area contributed by atoms with Crippen molar-refractivity contribution in [2.24, 2.45) is 0 Å². The minimum absolute atomic E-state index is 0.0291. The summed E-state index contributed by atoms with van der Waals surface area (Å²) in [6, 6.07) is 12.9. The van der Waals surface area contributed by atoms with E-state index in [0.717, 1.165) is 49.8 Å². The van der Waals surface area contributed by atoms with Crippen molar-refractivity contribution in [3.63, 3.8) is 0 Å². The molecule has 1 fully saturated rings. The number of unbranched alkanes of at least 4 members (excludes halogenated alkanes) is 1. The minimum atomic E-state index is -1.02. The molecule has 1 unspecified atom stereocenters. The van der Waals surface area contributed by atoms with Crippen LogP contribution < -0.4 is 10.6 Å². The first-order valence-corrected chi connectivity index (χ1v) is 10.4. The van der Waals surface area contributed by atoms with Gasteiger partial charge in [-0.15, -0.1) is 0 Å². The van der Waals surface area contributed by atoms with E-state index in [1.807, 2.05) is 18.2 Å². The fourth-order valence-corrected chi connectivity index (χ4v) is 3.44. The third-order valence-electron chi connectivity index (χ3n) is 5.12. The number of nitro benzene ring substituents is 1. The largest absolute Gasteiger partial charge is 0.371 e. The number of ether oxygens (including phenoxy) is 1. The van der Waals surface area contributed by atoms with Crippen LogP contribution in [0.3, 0.4) is 0 Å². The molecule has 9 nitrogen and oxygen atoms in total. The van der Waals surface area contributed by atoms with Crippen LogP contribution in [0.5, 0.6) is 0 Å². The van der Waals surface area contributed by atoms with E-state index in [1.165, 1.54) is 0 Å². The zero-order valence-electron chi connectivity index (χ0n) is 17.5. The Labute approximate surface area is 184 Å². The molecule has 0 aromatic heterocycles. The van der Waals surface area contributed by atoms with Crippen molar-refractivity contribution < 1.29 is 23.6 Å². The summed E-state index contributed by atoms with van der Waals surface area (Å²) in [5, 5.41) is 15.5. The molecule has 2 aromatic carbocycles. The highest BCUT2D eigenvalue weighted by Gasteiger charge is 2.21. The van der Waals surface area contributed by atoms with E-state index in [2.05, 4.69) is 27.7 Å². The molecule has 0 spiro atoms. The molecule has 0 bridgehead atoms. The van der Waals surface area contributed by atoms with Crippen LogP contribution in [-0.4, -0.2) is 54.4 Å². The van der Waals surface area contributed by atoms with Gasteiger partial charge in [-0.2, -0.15) is 4.39 Å². The summed E-state index contributed by atoms with van der Waals surface area (Å²) in [4.78, 5) is 36.1. The van der Waals surface area contributed by atoms with Gasteiger partial charge >= 0.3 is 17.5 Å². The third kappa shape index (κ3) is 6.56. The van der Waals surface area contributed by atoms with Crippen molar-refractivity contribution in [3.8, 4) is 0 Å². The molecule has 1 aliphatic heterocycles. The summed E-state index contributed by atoms with van der Waals surface area (Å²) in [7, 11) is 0. The topological polar surface area (TPSA) is 114 Å². The molecule has 2 aromatic rings. The van der Waals surface area contributed by atoms with Gasteiger partial charge < -0.3 is 15.4 Å². The van der Waals surface area contributed by atoms with Crippen LogP contribution in [-0.2, 0) is 14.3 Å². The van der Waals surface area contributed by atoms with Crippen molar-refractivity contribution in [2.75, 3.05) is 38.1 Å². The number of carbonyl (C=O) groups is 2. The lowest BCUT2D eigenvalue weighted by molar-refractivity contribution is -0.387. The number of morpholine rings is 1. The average molecular weight is 444 g/mol. The van der Waals surface area contributed by atoms with Gasteiger partial charge in [0.2, 0.25) is 5.82 Å². The van der Waals surface area contributed by atoms with Crippen LogP contribution in [0.25, 0.3) is 0 Å². The normalized spacial score (nSPS) is 16.3. The summed E-state index contributed by atoms with van der Waals surface area (Å²) in [5.74, 6) is -2.84. The number of amides is 2. The van der Waals surface area contributed by atoms with Crippen LogP contribution >= 0.6 is 0 Å². The first-order chi connectivity index (χ1) is 15.4. The maximum absolute atomic E-state index is 13.4. The molecule has 1 heterocycles. The summed E-state index contributed by atoms with van der Waals surface area (Å²) < 4.78 is 19.2. The van der Waals surface area contributed by atoms with Gasteiger partial charge in [-0.05, 0) is 37.1 Å². The predicted molar refractivity (Wildman–Crippen MR) is 116 cm³/mol. The highest BCUT2D eigenvalue weighted by molar-refractivity contribution is 6.39. The minimum Gasteiger partial charge on any atom is -0.371 e. The maximum Gasteiger partial charge on any atom is 0.313 e. The van der Waals surface area contributed by atoms with E-state index in [1.54, 1.807) is 0 Å². The molecule has 0 radical (unpaired) electrons. The first kappa shape index (κ1) is 23.3. The van der Waals surface area contributed by atoms with Crippen molar-refractivity contribution in [2.45, 2.75) is 18.9 Å². The van der Waals surface area contributed by atoms with Crippen LogP contribution in [0.1, 0.15) is 24.5 Å². The molecule has 10 heteroatoms. The molecule has 32 heavy (non-hydrogen) atoms. The van der Waals surface area contributed by atoms with Gasteiger partial charge in [-0.3, -0.25) is 24.6 Å². The zero-order chi connectivity index (χ0) is 22.9. The van der Waals surface area contributed by atoms with Crippen molar-refractivity contribution in [1.29, 1.82) is 0 Å². The van der Waals surface area contributed by atoms with Gasteiger partial charge in [0.05, 0.1) is 17.6 Å². The average Bonchev–Trinajstić information content (AvgIpc) is 2.80. The van der Waals surface area contributed by atoms with E-state index in [4.69, 9.17) is 4.74 Å². The van der Waals surface area contributed by atoms with E-state index >= 15 is 0 Å². The van der Waals surface area contributed by atoms with E-state index in [-0.39, 0.29) is 11.8 Å². The molecular formula is C22H25FN4O5.